The first-order chi connectivity index (χ1) is 5.77. The second-order valence-electron chi connectivity index (χ2n) is 2.93. The van der Waals surface area contributed by atoms with Crippen molar-refractivity contribution in [3.63, 3.8) is 0 Å². The van der Waals surface area contributed by atoms with Gasteiger partial charge in [0.1, 0.15) is 5.76 Å². The molecule has 0 aromatic heterocycles. The molecule has 0 aliphatic carbocycles. The second kappa shape index (κ2) is 4.14. The molecule has 0 fully saturated rings. The molecule has 0 saturated carbocycles. The number of amides is 1. The van der Waals surface area contributed by atoms with Gasteiger partial charge in [0.2, 0.25) is 5.91 Å². The summed E-state index contributed by atoms with van der Waals surface area (Å²) < 4.78 is 4.99. The van der Waals surface area contributed by atoms with Crippen molar-refractivity contribution < 1.29 is 9.53 Å². The van der Waals surface area contributed by atoms with Crippen LogP contribution >= 0.6 is 0 Å². The number of methoxy groups -OCH3 is 1. The van der Waals surface area contributed by atoms with E-state index in [9.17, 15) is 4.79 Å². The average molecular weight is 169 g/mol. The Bertz CT molecular complexity index is 199. The lowest BCUT2D eigenvalue weighted by atomic mass is 10.3. The van der Waals surface area contributed by atoms with Crippen molar-refractivity contribution in [3.8, 4) is 0 Å². The molecule has 12 heavy (non-hydrogen) atoms. The van der Waals surface area contributed by atoms with Crippen LogP contribution < -0.4 is 0 Å². The number of unbranched alkanes of at least 4 members (excludes halogenated alkanes) is 1. The zero-order valence-electron chi connectivity index (χ0n) is 7.67. The van der Waals surface area contributed by atoms with Gasteiger partial charge in [-0.1, -0.05) is 13.3 Å². The summed E-state index contributed by atoms with van der Waals surface area (Å²) >= 11 is 0. The number of ether oxygens (including phenoxy) is 1. The van der Waals surface area contributed by atoms with Crippen LogP contribution in [-0.4, -0.2) is 31.0 Å². The highest BCUT2D eigenvalue weighted by molar-refractivity contribution is 5.90. The van der Waals surface area contributed by atoms with Gasteiger partial charge >= 0.3 is 0 Å². The SMILES string of the molecule is CCCCN1CC(OC)=CC1=O. The van der Waals surface area contributed by atoms with Gasteiger partial charge in [-0.25, -0.2) is 0 Å². The standard InChI is InChI=1S/C9H15NO2/c1-3-4-5-10-7-8(12-2)6-9(10)11/h6H,3-5,7H2,1-2H3. The summed E-state index contributed by atoms with van der Waals surface area (Å²) in [6.45, 7) is 3.61. The highest BCUT2D eigenvalue weighted by Gasteiger charge is 2.20. The van der Waals surface area contributed by atoms with Crippen molar-refractivity contribution in [2.24, 2.45) is 0 Å². The molecule has 1 amide bonds. The Morgan fingerprint density at radius 1 is 1.67 bits per heavy atom. The predicted molar refractivity (Wildman–Crippen MR) is 46.6 cm³/mol. The van der Waals surface area contributed by atoms with Gasteiger partial charge in [-0.05, 0) is 6.42 Å². The van der Waals surface area contributed by atoms with Crippen molar-refractivity contribution in [2.45, 2.75) is 19.8 Å². The molecule has 0 unspecified atom stereocenters. The summed E-state index contributed by atoms with van der Waals surface area (Å²) in [7, 11) is 1.60. The molecule has 0 saturated heterocycles. The lowest BCUT2D eigenvalue weighted by Gasteiger charge is -2.14. The smallest absolute Gasteiger partial charge is 0.250 e. The summed E-state index contributed by atoms with van der Waals surface area (Å²) in [5.41, 5.74) is 0. The Balaban J connectivity index is 2.37. The Kier molecular flexibility index (Phi) is 3.14. The van der Waals surface area contributed by atoms with Crippen LogP contribution in [0.15, 0.2) is 11.8 Å². The number of carbonyl (C=O) groups excluding carboxylic acids is 1. The van der Waals surface area contributed by atoms with Gasteiger partial charge in [0, 0.05) is 12.6 Å². The molecule has 0 radical (unpaired) electrons. The van der Waals surface area contributed by atoms with E-state index < -0.39 is 0 Å². The summed E-state index contributed by atoms with van der Waals surface area (Å²) in [6.07, 6.45) is 3.75. The number of nitrogens with zero attached hydrogens (tertiary/aromatic N) is 1. The van der Waals surface area contributed by atoms with E-state index in [1.54, 1.807) is 13.2 Å². The minimum Gasteiger partial charge on any atom is -0.499 e. The zero-order chi connectivity index (χ0) is 8.97. The van der Waals surface area contributed by atoms with Crippen molar-refractivity contribution in [2.75, 3.05) is 20.2 Å². The quantitative estimate of drug-likeness (QED) is 0.632. The van der Waals surface area contributed by atoms with Crippen LogP contribution in [0.25, 0.3) is 0 Å². The molecule has 3 heteroatoms. The van der Waals surface area contributed by atoms with Gasteiger partial charge < -0.3 is 9.64 Å². The van der Waals surface area contributed by atoms with Crippen LogP contribution in [0.2, 0.25) is 0 Å². The van der Waals surface area contributed by atoms with E-state index in [-0.39, 0.29) is 5.91 Å². The van der Waals surface area contributed by atoms with Gasteiger partial charge in [0.25, 0.3) is 0 Å². The largest absolute Gasteiger partial charge is 0.499 e. The molecule has 0 N–H and O–H groups in total. The molecule has 0 spiro atoms. The molecule has 0 bridgehead atoms. The number of hydrogen-bond donors (Lipinski definition) is 0. The van der Waals surface area contributed by atoms with Crippen molar-refractivity contribution in [3.05, 3.63) is 11.8 Å². The maximum absolute atomic E-state index is 11.2. The first kappa shape index (κ1) is 9.10. The van der Waals surface area contributed by atoms with Gasteiger partial charge in [0.05, 0.1) is 13.7 Å². The Morgan fingerprint density at radius 3 is 2.92 bits per heavy atom. The van der Waals surface area contributed by atoms with E-state index in [2.05, 4.69) is 6.92 Å². The zero-order valence-corrected chi connectivity index (χ0v) is 7.67. The molecule has 3 nitrogen and oxygen atoms in total. The molecule has 0 aromatic rings. The molecular formula is C9H15NO2. The molecule has 1 rings (SSSR count). The summed E-state index contributed by atoms with van der Waals surface area (Å²) in [4.78, 5) is 13.0. The molecule has 1 aliphatic heterocycles. The first-order valence-corrected chi connectivity index (χ1v) is 4.31. The normalized spacial score (nSPS) is 16.7. The predicted octanol–water partition coefficient (Wildman–Crippen LogP) is 1.16. The van der Waals surface area contributed by atoms with Gasteiger partial charge in [-0.2, -0.15) is 0 Å². The average Bonchev–Trinajstić information content (AvgIpc) is 2.43. The lowest BCUT2D eigenvalue weighted by Crippen LogP contribution is -2.27. The minimum absolute atomic E-state index is 0.0836. The Morgan fingerprint density at radius 2 is 2.42 bits per heavy atom. The molecule has 1 aliphatic rings. The van der Waals surface area contributed by atoms with Crippen LogP contribution in [0.5, 0.6) is 0 Å². The molecule has 0 atom stereocenters. The van der Waals surface area contributed by atoms with E-state index in [1.807, 2.05) is 4.90 Å². The van der Waals surface area contributed by atoms with Crippen LogP contribution in [0.1, 0.15) is 19.8 Å². The molecular weight excluding hydrogens is 154 g/mol. The number of rotatable bonds is 4. The molecule has 0 aromatic carbocycles. The van der Waals surface area contributed by atoms with Crippen LogP contribution in [0.4, 0.5) is 0 Å². The number of carbonyl (C=O) groups is 1. The van der Waals surface area contributed by atoms with E-state index in [0.29, 0.717) is 6.54 Å². The Labute approximate surface area is 73.0 Å². The van der Waals surface area contributed by atoms with Gasteiger partial charge in [-0.3, -0.25) is 4.79 Å². The summed E-state index contributed by atoms with van der Waals surface area (Å²) in [5.74, 6) is 0.858. The van der Waals surface area contributed by atoms with Crippen LogP contribution in [0.3, 0.4) is 0 Å². The fourth-order valence-corrected chi connectivity index (χ4v) is 1.20. The van der Waals surface area contributed by atoms with E-state index in [1.165, 1.54) is 0 Å². The van der Waals surface area contributed by atoms with E-state index >= 15 is 0 Å². The van der Waals surface area contributed by atoms with Gasteiger partial charge in [0.15, 0.2) is 0 Å². The third-order valence-electron chi connectivity index (χ3n) is 1.99. The fraction of sp³-hybridized carbons (Fsp3) is 0.667. The summed E-state index contributed by atoms with van der Waals surface area (Å²) in [5, 5.41) is 0. The fourth-order valence-electron chi connectivity index (χ4n) is 1.20. The van der Waals surface area contributed by atoms with Crippen LogP contribution in [0, 0.1) is 0 Å². The molecule has 68 valence electrons. The topological polar surface area (TPSA) is 29.5 Å². The van der Waals surface area contributed by atoms with Crippen LogP contribution in [-0.2, 0) is 9.53 Å². The highest BCUT2D eigenvalue weighted by atomic mass is 16.5. The van der Waals surface area contributed by atoms with Crippen molar-refractivity contribution in [1.29, 1.82) is 0 Å². The van der Waals surface area contributed by atoms with Gasteiger partial charge in [-0.15, -0.1) is 0 Å². The van der Waals surface area contributed by atoms with E-state index in [4.69, 9.17) is 4.74 Å². The lowest BCUT2D eigenvalue weighted by molar-refractivity contribution is -0.124. The van der Waals surface area contributed by atoms with E-state index in [0.717, 1.165) is 25.1 Å². The third kappa shape index (κ3) is 2.00. The van der Waals surface area contributed by atoms with Crippen molar-refractivity contribution in [1.82, 2.24) is 4.90 Å². The monoisotopic (exact) mass is 169 g/mol. The first-order valence-electron chi connectivity index (χ1n) is 4.31. The second-order valence-corrected chi connectivity index (χ2v) is 2.93. The molecule has 1 heterocycles. The summed E-state index contributed by atoms with van der Waals surface area (Å²) in [6, 6.07) is 0. The maximum Gasteiger partial charge on any atom is 0.250 e. The Hall–Kier alpha value is -0.990. The number of hydrogen-bond acceptors (Lipinski definition) is 2. The van der Waals surface area contributed by atoms with Crippen molar-refractivity contribution >= 4 is 5.91 Å². The minimum atomic E-state index is 0.0836. The maximum atomic E-state index is 11.2. The highest BCUT2D eigenvalue weighted by Crippen LogP contribution is 2.11. The third-order valence-corrected chi connectivity index (χ3v) is 1.99.